The lowest BCUT2D eigenvalue weighted by atomic mass is 10.0. The molecule has 0 aliphatic rings. The van der Waals surface area contributed by atoms with Crippen LogP contribution in [0.2, 0.25) is 0 Å². The van der Waals surface area contributed by atoms with Crippen molar-refractivity contribution >= 4 is 28.5 Å². The number of aromatic amines is 1. The van der Waals surface area contributed by atoms with Crippen molar-refractivity contribution < 1.29 is 9.59 Å². The number of aromatic nitrogens is 1. The van der Waals surface area contributed by atoms with Crippen molar-refractivity contribution in [3.8, 4) is 0 Å². The van der Waals surface area contributed by atoms with Gasteiger partial charge in [0.15, 0.2) is 0 Å². The summed E-state index contributed by atoms with van der Waals surface area (Å²) in [7, 11) is 0. The highest BCUT2D eigenvalue weighted by Crippen LogP contribution is 2.20. The number of carbonyl (C=O) groups is 2. The second-order valence-corrected chi connectivity index (χ2v) is 7.82. The summed E-state index contributed by atoms with van der Waals surface area (Å²) >= 11 is 0. The van der Waals surface area contributed by atoms with Crippen LogP contribution >= 0.6 is 0 Å². The molecular formula is C26H27N5O2. The van der Waals surface area contributed by atoms with E-state index in [-0.39, 0.29) is 5.91 Å². The molecule has 0 fully saturated rings. The molecule has 3 aromatic carbocycles. The van der Waals surface area contributed by atoms with E-state index in [2.05, 4.69) is 20.9 Å². The first-order chi connectivity index (χ1) is 16.1. The second-order valence-electron chi connectivity index (χ2n) is 7.82. The Labute approximate surface area is 192 Å². The van der Waals surface area contributed by atoms with Gasteiger partial charge in [0.05, 0.1) is 0 Å². The molecular weight excluding hydrogens is 414 g/mol. The average Bonchev–Trinajstić information content (AvgIpc) is 3.26. The van der Waals surface area contributed by atoms with Crippen LogP contribution in [0.15, 0.2) is 85.1 Å². The fourth-order valence-electron chi connectivity index (χ4n) is 3.67. The predicted molar refractivity (Wildman–Crippen MR) is 131 cm³/mol. The van der Waals surface area contributed by atoms with Gasteiger partial charge in [-0.2, -0.15) is 0 Å². The molecule has 7 heteroatoms. The number of carbonyl (C=O) groups excluding carboxylic acids is 2. The number of rotatable bonds is 8. The van der Waals surface area contributed by atoms with Gasteiger partial charge in [-0.05, 0) is 34.9 Å². The number of para-hydroxylation sites is 1. The van der Waals surface area contributed by atoms with Gasteiger partial charge in [-0.25, -0.2) is 4.79 Å². The molecule has 0 radical (unpaired) electrons. The molecule has 0 bridgehead atoms. The summed E-state index contributed by atoms with van der Waals surface area (Å²) < 4.78 is 0. The number of urea groups is 1. The minimum absolute atomic E-state index is 0.296. The molecule has 33 heavy (non-hydrogen) atoms. The van der Waals surface area contributed by atoms with Gasteiger partial charge >= 0.3 is 6.03 Å². The minimum Gasteiger partial charge on any atom is -0.361 e. The zero-order valence-electron chi connectivity index (χ0n) is 18.2. The van der Waals surface area contributed by atoms with Crippen LogP contribution in [0.25, 0.3) is 10.9 Å². The van der Waals surface area contributed by atoms with Crippen LogP contribution in [0, 0.1) is 0 Å². The Balaban J connectivity index is 1.48. The van der Waals surface area contributed by atoms with Crippen molar-refractivity contribution in [2.24, 2.45) is 5.73 Å². The molecule has 0 spiro atoms. The van der Waals surface area contributed by atoms with Crippen molar-refractivity contribution in [2.45, 2.75) is 25.6 Å². The van der Waals surface area contributed by atoms with Crippen LogP contribution in [0.1, 0.15) is 16.7 Å². The molecule has 1 atom stereocenters. The number of anilines is 1. The number of fused-ring (bicyclic) bond motifs is 1. The monoisotopic (exact) mass is 441 g/mol. The number of hydrogen-bond donors (Lipinski definition) is 5. The quantitative estimate of drug-likeness (QED) is 0.288. The Bertz CT molecular complexity index is 1220. The standard InChI is InChI=1S/C26H27N5O2/c27-15-18-10-12-21(13-11-18)30-25(32)24(14-20-17-28-23-9-5-4-8-22(20)23)31-26(33)29-16-19-6-2-1-3-7-19/h1-13,17,24,28H,14-16,27H2,(H,30,32)(H2,29,31,33)/t24-/m0/s1. The third-order valence-electron chi connectivity index (χ3n) is 5.47. The molecule has 0 unspecified atom stereocenters. The zero-order valence-corrected chi connectivity index (χ0v) is 18.2. The Morgan fingerprint density at radius 1 is 0.879 bits per heavy atom. The first-order valence-corrected chi connectivity index (χ1v) is 10.9. The maximum absolute atomic E-state index is 13.2. The highest BCUT2D eigenvalue weighted by molar-refractivity contribution is 5.97. The van der Waals surface area contributed by atoms with Gasteiger partial charge in [0.2, 0.25) is 5.91 Å². The summed E-state index contributed by atoms with van der Waals surface area (Å²) in [6, 6.07) is 23.7. The largest absolute Gasteiger partial charge is 0.361 e. The molecule has 1 aromatic heterocycles. The Morgan fingerprint density at radius 2 is 1.61 bits per heavy atom. The lowest BCUT2D eigenvalue weighted by Gasteiger charge is -2.19. The molecule has 0 saturated heterocycles. The van der Waals surface area contributed by atoms with Crippen molar-refractivity contribution in [1.29, 1.82) is 0 Å². The molecule has 1 heterocycles. The maximum Gasteiger partial charge on any atom is 0.315 e. The van der Waals surface area contributed by atoms with Gasteiger partial charge in [-0.3, -0.25) is 4.79 Å². The molecule has 3 amide bonds. The smallest absolute Gasteiger partial charge is 0.315 e. The van der Waals surface area contributed by atoms with Crippen LogP contribution < -0.4 is 21.7 Å². The summed E-state index contributed by atoms with van der Waals surface area (Å²) in [5.41, 5.74) is 10.2. The van der Waals surface area contributed by atoms with E-state index in [0.717, 1.165) is 27.6 Å². The average molecular weight is 442 g/mol. The van der Waals surface area contributed by atoms with Gasteiger partial charge in [0.25, 0.3) is 0 Å². The topological polar surface area (TPSA) is 112 Å². The highest BCUT2D eigenvalue weighted by atomic mass is 16.2. The lowest BCUT2D eigenvalue weighted by molar-refractivity contribution is -0.117. The molecule has 6 N–H and O–H groups in total. The Hall–Kier alpha value is -4.10. The lowest BCUT2D eigenvalue weighted by Crippen LogP contribution is -2.49. The van der Waals surface area contributed by atoms with Crippen molar-refractivity contribution in [3.63, 3.8) is 0 Å². The van der Waals surface area contributed by atoms with E-state index in [4.69, 9.17) is 5.73 Å². The maximum atomic E-state index is 13.2. The van der Waals surface area contributed by atoms with E-state index < -0.39 is 12.1 Å². The van der Waals surface area contributed by atoms with Crippen LogP contribution in [-0.2, 0) is 24.3 Å². The van der Waals surface area contributed by atoms with Crippen LogP contribution in [0.3, 0.4) is 0 Å². The van der Waals surface area contributed by atoms with Crippen LogP contribution in [0.4, 0.5) is 10.5 Å². The van der Waals surface area contributed by atoms with Gasteiger partial charge in [-0.15, -0.1) is 0 Å². The molecule has 0 aliphatic heterocycles. The van der Waals surface area contributed by atoms with E-state index in [1.807, 2.05) is 72.9 Å². The van der Waals surface area contributed by atoms with E-state index in [9.17, 15) is 9.59 Å². The summed E-state index contributed by atoms with van der Waals surface area (Å²) in [6.45, 7) is 0.801. The summed E-state index contributed by atoms with van der Waals surface area (Å²) in [5.74, 6) is -0.296. The number of nitrogens with one attached hydrogen (secondary N) is 4. The fraction of sp³-hybridized carbons (Fsp3) is 0.154. The fourth-order valence-corrected chi connectivity index (χ4v) is 3.67. The number of H-pyrrole nitrogens is 1. The first kappa shape index (κ1) is 22.1. The van der Waals surface area contributed by atoms with E-state index in [1.54, 1.807) is 12.1 Å². The van der Waals surface area contributed by atoms with E-state index in [1.165, 1.54) is 0 Å². The summed E-state index contributed by atoms with van der Waals surface area (Å²) in [6.07, 6.45) is 2.22. The normalized spacial score (nSPS) is 11.7. The van der Waals surface area contributed by atoms with Gasteiger partial charge < -0.3 is 26.7 Å². The van der Waals surface area contributed by atoms with E-state index >= 15 is 0 Å². The number of benzene rings is 3. The number of nitrogens with two attached hydrogens (primary N) is 1. The number of hydrogen-bond acceptors (Lipinski definition) is 3. The van der Waals surface area contributed by atoms with E-state index in [0.29, 0.717) is 25.2 Å². The SMILES string of the molecule is NCc1ccc(NC(=O)[C@H](Cc2c[nH]c3ccccc23)NC(=O)NCc2ccccc2)cc1. The van der Waals surface area contributed by atoms with Gasteiger partial charge in [0, 0.05) is 42.3 Å². The summed E-state index contributed by atoms with van der Waals surface area (Å²) in [5, 5.41) is 9.59. The predicted octanol–water partition coefficient (Wildman–Crippen LogP) is 3.68. The third-order valence-corrected chi connectivity index (χ3v) is 5.47. The zero-order chi connectivity index (χ0) is 23.0. The van der Waals surface area contributed by atoms with Crippen molar-refractivity contribution in [3.05, 3.63) is 102 Å². The molecule has 4 aromatic rings. The van der Waals surface area contributed by atoms with Crippen LogP contribution in [-0.4, -0.2) is 23.0 Å². The number of amides is 3. The summed E-state index contributed by atoms with van der Waals surface area (Å²) in [4.78, 5) is 29.0. The second kappa shape index (κ2) is 10.5. The van der Waals surface area contributed by atoms with Gasteiger partial charge in [-0.1, -0.05) is 60.7 Å². The highest BCUT2D eigenvalue weighted by Gasteiger charge is 2.23. The van der Waals surface area contributed by atoms with Crippen molar-refractivity contribution in [2.75, 3.05) is 5.32 Å². The Morgan fingerprint density at radius 3 is 2.36 bits per heavy atom. The molecule has 0 saturated carbocycles. The molecule has 0 aliphatic carbocycles. The van der Waals surface area contributed by atoms with Crippen molar-refractivity contribution in [1.82, 2.24) is 15.6 Å². The molecule has 4 rings (SSSR count). The third kappa shape index (κ3) is 5.78. The molecule has 7 nitrogen and oxygen atoms in total. The van der Waals surface area contributed by atoms with Crippen LogP contribution in [0.5, 0.6) is 0 Å². The Kier molecular flexibility index (Phi) is 7.02. The molecule has 168 valence electrons. The first-order valence-electron chi connectivity index (χ1n) is 10.9. The minimum atomic E-state index is -0.769. The van der Waals surface area contributed by atoms with Gasteiger partial charge in [0.1, 0.15) is 6.04 Å².